The van der Waals surface area contributed by atoms with Crippen LogP contribution in [0, 0.1) is 0 Å². The lowest BCUT2D eigenvalue weighted by Crippen LogP contribution is -2.50. The van der Waals surface area contributed by atoms with Crippen LogP contribution in [0.5, 0.6) is 0 Å². The van der Waals surface area contributed by atoms with E-state index in [-0.39, 0.29) is 12.2 Å². The molecular formula is C11H23N3O3S. The molecule has 2 fully saturated rings. The molecule has 0 amide bonds. The van der Waals surface area contributed by atoms with Crippen LogP contribution in [0.1, 0.15) is 12.8 Å². The van der Waals surface area contributed by atoms with Crippen molar-refractivity contribution in [3.8, 4) is 0 Å². The largest absolute Gasteiger partial charge is 0.372 e. The smallest absolute Gasteiger partial charge is 0.211 e. The molecule has 0 aromatic heterocycles. The Kier molecular flexibility index (Phi) is 4.60. The number of hydrogen-bond acceptors (Lipinski definition) is 5. The first-order valence-corrected chi connectivity index (χ1v) is 8.37. The molecule has 0 saturated carbocycles. The Balaban J connectivity index is 1.74. The lowest BCUT2D eigenvalue weighted by molar-refractivity contribution is 0.0212. The van der Waals surface area contributed by atoms with Gasteiger partial charge in [0.05, 0.1) is 18.5 Å². The molecule has 0 aliphatic carbocycles. The van der Waals surface area contributed by atoms with E-state index in [1.54, 1.807) is 4.31 Å². The van der Waals surface area contributed by atoms with Crippen molar-refractivity contribution >= 4 is 10.0 Å². The molecule has 106 valence electrons. The van der Waals surface area contributed by atoms with E-state index < -0.39 is 10.0 Å². The highest BCUT2D eigenvalue weighted by Gasteiger charge is 2.28. The van der Waals surface area contributed by atoms with Crippen LogP contribution >= 0.6 is 0 Å². The zero-order valence-electron chi connectivity index (χ0n) is 10.9. The molecule has 0 aromatic rings. The van der Waals surface area contributed by atoms with Crippen molar-refractivity contribution in [2.75, 3.05) is 45.5 Å². The first-order chi connectivity index (χ1) is 8.49. The maximum Gasteiger partial charge on any atom is 0.211 e. The third kappa shape index (κ3) is 3.64. The summed E-state index contributed by atoms with van der Waals surface area (Å²) in [5.41, 5.74) is 5.58. The van der Waals surface area contributed by atoms with Gasteiger partial charge in [-0.15, -0.1) is 0 Å². The number of hydrogen-bond donors (Lipinski definition) is 1. The molecule has 2 heterocycles. The third-order valence-corrected chi connectivity index (χ3v) is 5.02. The Labute approximate surface area is 109 Å². The van der Waals surface area contributed by atoms with Gasteiger partial charge in [0.2, 0.25) is 10.0 Å². The average Bonchev–Trinajstić information content (AvgIpc) is 2.76. The van der Waals surface area contributed by atoms with E-state index in [1.165, 1.54) is 6.26 Å². The second kappa shape index (κ2) is 5.83. The van der Waals surface area contributed by atoms with Crippen LogP contribution in [-0.4, -0.2) is 75.4 Å². The highest BCUT2D eigenvalue weighted by molar-refractivity contribution is 7.88. The van der Waals surface area contributed by atoms with E-state index in [1.807, 2.05) is 0 Å². The van der Waals surface area contributed by atoms with Gasteiger partial charge >= 0.3 is 0 Å². The summed E-state index contributed by atoms with van der Waals surface area (Å²) < 4.78 is 30.1. The van der Waals surface area contributed by atoms with Crippen molar-refractivity contribution in [3.05, 3.63) is 0 Å². The predicted octanol–water partition coefficient (Wildman–Crippen LogP) is -0.930. The second-order valence-corrected chi connectivity index (χ2v) is 7.14. The van der Waals surface area contributed by atoms with Crippen LogP contribution in [0.25, 0.3) is 0 Å². The molecule has 2 aliphatic heterocycles. The molecule has 2 rings (SSSR count). The summed E-state index contributed by atoms with van der Waals surface area (Å²) in [6.07, 6.45) is 3.86. The minimum Gasteiger partial charge on any atom is -0.372 e. The fraction of sp³-hybridized carbons (Fsp3) is 1.00. The van der Waals surface area contributed by atoms with E-state index >= 15 is 0 Å². The minimum absolute atomic E-state index is 0.215. The maximum absolute atomic E-state index is 11.4. The number of ether oxygens (including phenoxy) is 1. The quantitative estimate of drug-likeness (QED) is 0.718. The topological polar surface area (TPSA) is 75.9 Å². The van der Waals surface area contributed by atoms with Crippen molar-refractivity contribution in [2.24, 2.45) is 5.73 Å². The Morgan fingerprint density at radius 3 is 2.28 bits per heavy atom. The molecular weight excluding hydrogens is 254 g/mol. The zero-order valence-corrected chi connectivity index (χ0v) is 11.7. The Bertz CT molecular complexity index is 366. The summed E-state index contributed by atoms with van der Waals surface area (Å²) in [4.78, 5) is 2.28. The fourth-order valence-corrected chi connectivity index (χ4v) is 3.45. The van der Waals surface area contributed by atoms with Gasteiger partial charge in [0.25, 0.3) is 0 Å². The predicted molar refractivity (Wildman–Crippen MR) is 69.8 cm³/mol. The molecule has 18 heavy (non-hydrogen) atoms. The van der Waals surface area contributed by atoms with Gasteiger partial charge in [-0.3, -0.25) is 4.90 Å². The molecule has 2 saturated heterocycles. The van der Waals surface area contributed by atoms with Gasteiger partial charge in [-0.25, -0.2) is 8.42 Å². The van der Waals surface area contributed by atoms with E-state index in [9.17, 15) is 8.42 Å². The molecule has 0 bridgehead atoms. The van der Waals surface area contributed by atoms with Crippen molar-refractivity contribution < 1.29 is 13.2 Å². The monoisotopic (exact) mass is 277 g/mol. The molecule has 2 N–H and O–H groups in total. The van der Waals surface area contributed by atoms with Gasteiger partial charge in [0.1, 0.15) is 0 Å². The maximum atomic E-state index is 11.4. The minimum atomic E-state index is -3.03. The summed E-state index contributed by atoms with van der Waals surface area (Å²) in [6, 6.07) is 0. The van der Waals surface area contributed by atoms with E-state index in [2.05, 4.69) is 4.90 Å². The number of nitrogens with two attached hydrogens (primary N) is 1. The van der Waals surface area contributed by atoms with Crippen LogP contribution < -0.4 is 5.73 Å². The van der Waals surface area contributed by atoms with Crippen LogP contribution in [0.4, 0.5) is 0 Å². The Hall–Kier alpha value is -0.210. The SMILES string of the molecule is CS(=O)(=O)N1CCN(CC2CCC(CN)O2)CC1. The van der Waals surface area contributed by atoms with Gasteiger partial charge in [-0.05, 0) is 12.8 Å². The zero-order chi connectivity index (χ0) is 13.2. The highest BCUT2D eigenvalue weighted by Crippen LogP contribution is 2.20. The lowest BCUT2D eigenvalue weighted by Gasteiger charge is -2.34. The van der Waals surface area contributed by atoms with E-state index in [4.69, 9.17) is 10.5 Å². The van der Waals surface area contributed by atoms with Crippen LogP contribution in [0.15, 0.2) is 0 Å². The summed E-state index contributed by atoms with van der Waals surface area (Å²) in [6.45, 7) is 4.25. The lowest BCUT2D eigenvalue weighted by atomic mass is 10.2. The van der Waals surface area contributed by atoms with Gasteiger partial charge < -0.3 is 10.5 Å². The number of nitrogens with zero attached hydrogens (tertiary/aromatic N) is 2. The number of rotatable bonds is 4. The van der Waals surface area contributed by atoms with Gasteiger partial charge in [-0.1, -0.05) is 0 Å². The van der Waals surface area contributed by atoms with Crippen molar-refractivity contribution in [2.45, 2.75) is 25.0 Å². The molecule has 2 unspecified atom stereocenters. The first kappa shape index (κ1) is 14.2. The Morgan fingerprint density at radius 1 is 1.17 bits per heavy atom. The van der Waals surface area contributed by atoms with Crippen molar-refractivity contribution in [1.29, 1.82) is 0 Å². The highest BCUT2D eigenvalue weighted by atomic mass is 32.2. The summed E-state index contributed by atoms with van der Waals surface area (Å²) >= 11 is 0. The average molecular weight is 277 g/mol. The van der Waals surface area contributed by atoms with Gasteiger partial charge in [0.15, 0.2) is 0 Å². The van der Waals surface area contributed by atoms with Crippen molar-refractivity contribution in [1.82, 2.24) is 9.21 Å². The standard InChI is InChI=1S/C11H23N3O3S/c1-18(15,16)14-6-4-13(5-7-14)9-11-3-2-10(8-12)17-11/h10-11H,2-9,12H2,1H3. The van der Waals surface area contributed by atoms with E-state index in [0.29, 0.717) is 19.6 Å². The normalized spacial score (nSPS) is 31.9. The molecule has 0 spiro atoms. The summed E-state index contributed by atoms with van der Waals surface area (Å²) in [7, 11) is -3.03. The molecule has 6 nitrogen and oxygen atoms in total. The van der Waals surface area contributed by atoms with Crippen LogP contribution in [-0.2, 0) is 14.8 Å². The summed E-state index contributed by atoms with van der Waals surface area (Å²) in [5, 5.41) is 0. The molecule has 2 aliphatic rings. The second-order valence-electron chi connectivity index (χ2n) is 5.16. The molecule has 2 atom stereocenters. The number of piperazine rings is 1. The Morgan fingerprint density at radius 2 is 1.78 bits per heavy atom. The number of sulfonamides is 1. The van der Waals surface area contributed by atoms with Gasteiger partial charge in [0, 0.05) is 39.3 Å². The molecule has 7 heteroatoms. The fourth-order valence-electron chi connectivity index (χ4n) is 2.62. The van der Waals surface area contributed by atoms with Crippen LogP contribution in [0.3, 0.4) is 0 Å². The first-order valence-electron chi connectivity index (χ1n) is 6.52. The molecule has 0 radical (unpaired) electrons. The summed E-state index contributed by atoms with van der Waals surface area (Å²) in [5.74, 6) is 0. The van der Waals surface area contributed by atoms with Crippen molar-refractivity contribution in [3.63, 3.8) is 0 Å². The third-order valence-electron chi connectivity index (χ3n) is 3.72. The molecule has 0 aromatic carbocycles. The van der Waals surface area contributed by atoms with Gasteiger partial charge in [-0.2, -0.15) is 4.31 Å². The van der Waals surface area contributed by atoms with E-state index in [0.717, 1.165) is 32.5 Å². The van der Waals surface area contributed by atoms with Crippen LogP contribution in [0.2, 0.25) is 0 Å².